The molecule has 0 aliphatic rings. The van der Waals surface area contributed by atoms with E-state index >= 15 is 0 Å². The molecule has 5 nitrogen and oxygen atoms in total. The van der Waals surface area contributed by atoms with E-state index in [4.69, 9.17) is 21.4 Å². The normalized spacial score (nSPS) is 10.5. The first-order chi connectivity index (χ1) is 11.0. The lowest BCUT2D eigenvalue weighted by molar-refractivity contribution is -0.131. The third-order valence-electron chi connectivity index (χ3n) is 2.77. The number of nitrogens with one attached hydrogen (secondary N) is 1. The second-order valence-corrected chi connectivity index (χ2v) is 5.02. The summed E-state index contributed by atoms with van der Waals surface area (Å²) in [6.45, 7) is -0.142. The maximum absolute atomic E-state index is 11.9. The Labute approximate surface area is 138 Å². The smallest absolute Gasteiger partial charge is 0.328 e. The third kappa shape index (κ3) is 5.84. The molecule has 118 valence electrons. The van der Waals surface area contributed by atoms with E-state index in [-0.39, 0.29) is 12.5 Å². The van der Waals surface area contributed by atoms with Gasteiger partial charge in [-0.1, -0.05) is 23.7 Å². The van der Waals surface area contributed by atoms with Gasteiger partial charge in [0.15, 0.2) is 6.61 Å². The molecule has 0 atom stereocenters. The Hall–Kier alpha value is -2.79. The molecule has 6 heteroatoms. The molecule has 0 aliphatic heterocycles. The van der Waals surface area contributed by atoms with Crippen LogP contribution in [0, 0.1) is 0 Å². The summed E-state index contributed by atoms with van der Waals surface area (Å²) in [5.41, 5.74) is 1.23. The van der Waals surface area contributed by atoms with E-state index in [0.29, 0.717) is 22.0 Å². The first-order valence-corrected chi connectivity index (χ1v) is 7.10. The molecule has 0 aliphatic carbocycles. The third-order valence-corrected chi connectivity index (χ3v) is 3.02. The number of rotatable bonds is 6. The number of amides is 1. The molecule has 0 radical (unpaired) electrons. The second kappa shape index (κ2) is 8.00. The monoisotopic (exact) mass is 331 g/mol. The average Bonchev–Trinajstić information content (AvgIpc) is 2.53. The van der Waals surface area contributed by atoms with Gasteiger partial charge in [0.25, 0.3) is 5.91 Å². The van der Waals surface area contributed by atoms with Crippen LogP contribution in [-0.2, 0) is 9.59 Å². The predicted octanol–water partition coefficient (Wildman–Crippen LogP) is 3.46. The number of carboxylic acid groups (broad SMARTS) is 1. The van der Waals surface area contributed by atoms with Crippen molar-refractivity contribution in [2.45, 2.75) is 0 Å². The fourth-order valence-electron chi connectivity index (χ4n) is 1.76. The number of aliphatic carboxylic acids is 1. The van der Waals surface area contributed by atoms with Crippen LogP contribution in [-0.4, -0.2) is 23.6 Å². The molecule has 0 fully saturated rings. The Morgan fingerprint density at radius 3 is 2.61 bits per heavy atom. The van der Waals surface area contributed by atoms with Gasteiger partial charge in [-0.15, -0.1) is 0 Å². The minimum Gasteiger partial charge on any atom is -0.484 e. The van der Waals surface area contributed by atoms with Crippen LogP contribution in [0.2, 0.25) is 5.02 Å². The SMILES string of the molecule is O=C(O)/C=C/c1cccc(NC(=O)COc2ccc(Cl)cc2)c1. The van der Waals surface area contributed by atoms with Crippen LogP contribution in [0.15, 0.2) is 54.6 Å². The number of carboxylic acids is 1. The van der Waals surface area contributed by atoms with Gasteiger partial charge in [0, 0.05) is 16.8 Å². The Morgan fingerprint density at radius 1 is 1.17 bits per heavy atom. The molecule has 2 N–H and O–H groups in total. The number of hydrogen-bond donors (Lipinski definition) is 2. The van der Waals surface area contributed by atoms with Gasteiger partial charge >= 0.3 is 5.97 Å². The second-order valence-electron chi connectivity index (χ2n) is 4.59. The number of anilines is 1. The van der Waals surface area contributed by atoms with Gasteiger partial charge in [-0.2, -0.15) is 0 Å². The van der Waals surface area contributed by atoms with Crippen LogP contribution in [0.25, 0.3) is 6.08 Å². The van der Waals surface area contributed by atoms with Crippen LogP contribution in [0.3, 0.4) is 0 Å². The highest BCUT2D eigenvalue weighted by atomic mass is 35.5. The lowest BCUT2D eigenvalue weighted by atomic mass is 10.2. The summed E-state index contributed by atoms with van der Waals surface area (Å²) >= 11 is 5.76. The molecule has 0 heterocycles. The maximum Gasteiger partial charge on any atom is 0.328 e. The molecule has 2 rings (SSSR count). The van der Waals surface area contributed by atoms with Crippen molar-refractivity contribution in [3.63, 3.8) is 0 Å². The molecule has 1 amide bonds. The lowest BCUT2D eigenvalue weighted by Gasteiger charge is -2.08. The van der Waals surface area contributed by atoms with E-state index in [1.807, 2.05) is 0 Å². The molecule has 0 unspecified atom stereocenters. The molecule has 23 heavy (non-hydrogen) atoms. The molecule has 2 aromatic carbocycles. The molecule has 0 saturated heterocycles. The number of hydrogen-bond acceptors (Lipinski definition) is 3. The van der Waals surface area contributed by atoms with Crippen molar-refractivity contribution in [1.82, 2.24) is 0 Å². The molecule has 0 saturated carbocycles. The largest absolute Gasteiger partial charge is 0.484 e. The summed E-state index contributed by atoms with van der Waals surface area (Å²) in [5, 5.41) is 11.9. The van der Waals surface area contributed by atoms with Crippen LogP contribution >= 0.6 is 11.6 Å². The van der Waals surface area contributed by atoms with E-state index in [9.17, 15) is 9.59 Å². The molecular formula is C17H14ClNO4. The molecular weight excluding hydrogens is 318 g/mol. The van der Waals surface area contributed by atoms with Crippen LogP contribution in [0.4, 0.5) is 5.69 Å². The van der Waals surface area contributed by atoms with Crippen LogP contribution in [0.5, 0.6) is 5.75 Å². The molecule has 0 spiro atoms. The topological polar surface area (TPSA) is 75.6 Å². The van der Waals surface area contributed by atoms with Gasteiger partial charge < -0.3 is 15.2 Å². The Morgan fingerprint density at radius 2 is 1.91 bits per heavy atom. The van der Waals surface area contributed by atoms with Gasteiger partial charge in [-0.25, -0.2) is 4.79 Å². The minimum atomic E-state index is -1.03. The van der Waals surface area contributed by atoms with Crippen LogP contribution in [0.1, 0.15) is 5.56 Å². The van der Waals surface area contributed by atoms with Crippen molar-refractivity contribution in [3.8, 4) is 5.75 Å². The Bertz CT molecular complexity index is 726. The summed E-state index contributed by atoms with van der Waals surface area (Å²) in [6.07, 6.45) is 2.48. The van der Waals surface area contributed by atoms with Crippen molar-refractivity contribution in [2.24, 2.45) is 0 Å². The molecule has 2 aromatic rings. The highest BCUT2D eigenvalue weighted by Crippen LogP contribution is 2.16. The fourth-order valence-corrected chi connectivity index (χ4v) is 1.89. The number of carbonyl (C=O) groups is 2. The summed E-state index contributed by atoms with van der Waals surface area (Å²) in [5.74, 6) is -0.808. The Kier molecular flexibility index (Phi) is 5.77. The number of halogens is 1. The standard InChI is InChI=1S/C17H14ClNO4/c18-13-5-7-15(8-6-13)23-11-16(20)19-14-3-1-2-12(10-14)4-9-17(21)22/h1-10H,11H2,(H,19,20)(H,21,22)/b9-4+. The summed E-state index contributed by atoms with van der Waals surface area (Å²) < 4.78 is 5.34. The molecule has 0 aromatic heterocycles. The van der Waals surface area contributed by atoms with Gasteiger partial charge in [0.05, 0.1) is 0 Å². The summed E-state index contributed by atoms with van der Waals surface area (Å²) in [7, 11) is 0. The Balaban J connectivity index is 1.91. The van der Waals surface area contributed by atoms with Crippen molar-refractivity contribution in [3.05, 3.63) is 65.2 Å². The zero-order valence-corrected chi connectivity index (χ0v) is 12.8. The number of ether oxygens (including phenoxy) is 1. The number of carbonyl (C=O) groups excluding carboxylic acids is 1. The first-order valence-electron chi connectivity index (χ1n) is 6.72. The van der Waals surface area contributed by atoms with E-state index in [2.05, 4.69) is 5.32 Å². The quantitative estimate of drug-likeness (QED) is 0.795. The highest BCUT2D eigenvalue weighted by molar-refractivity contribution is 6.30. The average molecular weight is 332 g/mol. The van der Waals surface area contributed by atoms with E-state index < -0.39 is 5.97 Å². The highest BCUT2D eigenvalue weighted by Gasteiger charge is 2.04. The number of benzene rings is 2. The zero-order chi connectivity index (χ0) is 16.7. The van der Waals surface area contributed by atoms with Crippen molar-refractivity contribution in [2.75, 3.05) is 11.9 Å². The molecule has 0 bridgehead atoms. The van der Waals surface area contributed by atoms with E-state index in [1.165, 1.54) is 6.08 Å². The van der Waals surface area contributed by atoms with Gasteiger partial charge in [-0.05, 0) is 48.0 Å². The minimum absolute atomic E-state index is 0.142. The van der Waals surface area contributed by atoms with Gasteiger partial charge in [-0.3, -0.25) is 4.79 Å². The lowest BCUT2D eigenvalue weighted by Crippen LogP contribution is -2.20. The van der Waals surface area contributed by atoms with E-state index in [0.717, 1.165) is 6.08 Å². The van der Waals surface area contributed by atoms with Gasteiger partial charge in [0.1, 0.15) is 5.75 Å². The van der Waals surface area contributed by atoms with E-state index in [1.54, 1.807) is 48.5 Å². The zero-order valence-electron chi connectivity index (χ0n) is 12.0. The van der Waals surface area contributed by atoms with Crippen molar-refractivity contribution < 1.29 is 19.4 Å². The predicted molar refractivity (Wildman–Crippen MR) is 88.7 cm³/mol. The van der Waals surface area contributed by atoms with Crippen molar-refractivity contribution >= 4 is 35.2 Å². The maximum atomic E-state index is 11.9. The van der Waals surface area contributed by atoms with Crippen molar-refractivity contribution in [1.29, 1.82) is 0 Å². The summed E-state index contributed by atoms with van der Waals surface area (Å²) in [6, 6.07) is 13.5. The first kappa shape index (κ1) is 16.6. The van der Waals surface area contributed by atoms with Crippen LogP contribution < -0.4 is 10.1 Å². The van der Waals surface area contributed by atoms with Gasteiger partial charge in [0.2, 0.25) is 0 Å². The fraction of sp³-hybridized carbons (Fsp3) is 0.0588. The summed E-state index contributed by atoms with van der Waals surface area (Å²) in [4.78, 5) is 22.4.